The van der Waals surface area contributed by atoms with E-state index in [0.717, 1.165) is 5.56 Å². The lowest BCUT2D eigenvalue weighted by Crippen LogP contribution is -2.26. The van der Waals surface area contributed by atoms with Crippen LogP contribution in [0, 0.1) is 12.7 Å². The van der Waals surface area contributed by atoms with Crippen molar-refractivity contribution in [2.75, 3.05) is 19.0 Å². The van der Waals surface area contributed by atoms with Gasteiger partial charge in [-0.1, -0.05) is 0 Å². The number of aromatic amines is 1. The lowest BCUT2D eigenvalue weighted by molar-refractivity contribution is 0.0990. The van der Waals surface area contributed by atoms with Gasteiger partial charge in [-0.25, -0.2) is 9.37 Å². The molecule has 5 aromatic rings. The number of aromatic nitrogens is 5. The summed E-state index contributed by atoms with van der Waals surface area (Å²) >= 11 is 0. The first-order valence-corrected chi connectivity index (χ1v) is 12.6. The fourth-order valence-corrected chi connectivity index (χ4v) is 4.31. The Kier molecular flexibility index (Phi) is 7.65. The molecular weight excluding hydrogens is 515 g/mol. The highest BCUT2D eigenvalue weighted by molar-refractivity contribution is 5.97. The van der Waals surface area contributed by atoms with Crippen LogP contribution in [0.4, 0.5) is 10.2 Å². The van der Waals surface area contributed by atoms with Crippen LogP contribution in [-0.4, -0.2) is 50.3 Å². The average molecular weight is 543 g/mol. The van der Waals surface area contributed by atoms with Crippen LogP contribution < -0.4 is 15.6 Å². The van der Waals surface area contributed by atoms with Gasteiger partial charge in [0.05, 0.1) is 24.8 Å². The van der Waals surface area contributed by atoms with E-state index >= 15 is 0 Å². The first kappa shape index (κ1) is 26.7. The molecule has 11 heteroatoms. The molecule has 0 amide bonds. The third kappa shape index (κ3) is 5.74. The number of halogens is 1. The maximum absolute atomic E-state index is 13.4. The molecule has 0 saturated heterocycles. The van der Waals surface area contributed by atoms with Crippen LogP contribution in [0.3, 0.4) is 0 Å². The van der Waals surface area contributed by atoms with Crippen molar-refractivity contribution in [3.63, 3.8) is 0 Å². The molecule has 0 fully saturated rings. The number of methoxy groups -OCH3 is 1. The smallest absolute Gasteiger partial charge is 0.265 e. The van der Waals surface area contributed by atoms with Crippen molar-refractivity contribution in [3.05, 3.63) is 100 Å². The van der Waals surface area contributed by atoms with Gasteiger partial charge < -0.3 is 14.8 Å². The molecule has 204 valence electrons. The van der Waals surface area contributed by atoms with Gasteiger partial charge in [-0.3, -0.25) is 24.2 Å². The lowest BCUT2D eigenvalue weighted by atomic mass is 10.1. The fraction of sp³-hybridized carbons (Fsp3) is 0.207. The first-order valence-electron chi connectivity index (χ1n) is 12.6. The molecule has 0 aliphatic carbocycles. The molecule has 0 spiro atoms. The number of Topliss-reactive ketones (excluding diaryl/α,β-unsaturated/α-hetero) is 1. The Morgan fingerprint density at radius 2 is 1.95 bits per heavy atom. The average Bonchev–Trinajstić information content (AvgIpc) is 3.35. The Morgan fingerprint density at radius 3 is 2.67 bits per heavy atom. The lowest BCUT2D eigenvalue weighted by Gasteiger charge is -2.13. The van der Waals surface area contributed by atoms with Gasteiger partial charge in [0, 0.05) is 43.0 Å². The second kappa shape index (κ2) is 11.5. The fourth-order valence-electron chi connectivity index (χ4n) is 4.31. The van der Waals surface area contributed by atoms with Gasteiger partial charge in [-0.2, -0.15) is 5.10 Å². The molecule has 2 N–H and O–H groups in total. The van der Waals surface area contributed by atoms with Crippen LogP contribution in [0.5, 0.6) is 11.5 Å². The highest BCUT2D eigenvalue weighted by Crippen LogP contribution is 2.32. The molecule has 5 rings (SSSR count). The summed E-state index contributed by atoms with van der Waals surface area (Å²) in [4.78, 5) is 34.9. The van der Waals surface area contributed by atoms with Gasteiger partial charge >= 0.3 is 0 Å². The van der Waals surface area contributed by atoms with Crippen molar-refractivity contribution >= 4 is 22.6 Å². The van der Waals surface area contributed by atoms with Crippen molar-refractivity contribution in [1.82, 2.24) is 24.7 Å². The van der Waals surface area contributed by atoms with E-state index in [1.165, 1.54) is 35.0 Å². The predicted octanol–water partition coefficient (Wildman–Crippen LogP) is 4.62. The van der Waals surface area contributed by atoms with Gasteiger partial charge in [0.2, 0.25) is 0 Å². The molecule has 10 nitrogen and oxygen atoms in total. The van der Waals surface area contributed by atoms with Crippen molar-refractivity contribution in [1.29, 1.82) is 0 Å². The number of nitrogens with zero attached hydrogens (tertiary/aromatic N) is 4. The van der Waals surface area contributed by atoms with Crippen molar-refractivity contribution in [2.45, 2.75) is 26.3 Å². The highest BCUT2D eigenvalue weighted by Gasteiger charge is 2.17. The Balaban J connectivity index is 1.34. The zero-order valence-corrected chi connectivity index (χ0v) is 22.1. The topological polar surface area (TPSA) is 124 Å². The molecule has 1 atom stereocenters. The minimum atomic E-state index is -0.479. The second-order valence-electron chi connectivity index (χ2n) is 9.38. The maximum atomic E-state index is 13.4. The third-order valence-corrected chi connectivity index (χ3v) is 6.15. The van der Waals surface area contributed by atoms with Crippen LogP contribution in [0.2, 0.25) is 0 Å². The summed E-state index contributed by atoms with van der Waals surface area (Å²) in [6, 6.07) is 12.2. The van der Waals surface area contributed by atoms with Gasteiger partial charge in [0.25, 0.3) is 5.56 Å². The van der Waals surface area contributed by atoms with Crippen LogP contribution in [0.1, 0.15) is 28.5 Å². The molecule has 1 aromatic carbocycles. The number of fused-ring (bicyclic) bond motifs is 1. The molecular formula is C29H27FN6O4. The number of carbonyl (C=O) groups is 1. The van der Waals surface area contributed by atoms with Gasteiger partial charge in [0.1, 0.15) is 22.7 Å². The molecule has 0 bridgehead atoms. The number of hydrogen-bond acceptors (Lipinski definition) is 8. The Morgan fingerprint density at radius 1 is 1.15 bits per heavy atom. The van der Waals surface area contributed by atoms with E-state index in [9.17, 15) is 14.0 Å². The van der Waals surface area contributed by atoms with Gasteiger partial charge in [-0.05, 0) is 61.9 Å². The maximum Gasteiger partial charge on any atom is 0.265 e. The van der Waals surface area contributed by atoms with E-state index < -0.39 is 11.4 Å². The summed E-state index contributed by atoms with van der Waals surface area (Å²) in [5, 5.41) is 11.2. The number of aryl methyl sites for hydroxylation is 1. The third-order valence-electron chi connectivity index (χ3n) is 6.15. The summed E-state index contributed by atoms with van der Waals surface area (Å²) < 4.78 is 26.0. The van der Waals surface area contributed by atoms with Crippen LogP contribution in [-0.2, 0) is 11.2 Å². The Bertz CT molecular complexity index is 1710. The number of H-pyrrole nitrogens is 1. The monoisotopic (exact) mass is 542 g/mol. The first-order chi connectivity index (χ1) is 19.3. The van der Waals surface area contributed by atoms with Gasteiger partial charge in [-0.15, -0.1) is 0 Å². The van der Waals surface area contributed by atoms with E-state index in [0.29, 0.717) is 46.3 Å². The normalized spacial score (nSPS) is 11.9. The number of anilines is 1. The minimum absolute atomic E-state index is 0.0104. The number of ether oxygens (including phenoxy) is 2. The van der Waals surface area contributed by atoms with Crippen molar-refractivity contribution < 1.29 is 18.7 Å². The molecule has 0 saturated carbocycles. The van der Waals surface area contributed by atoms with Gasteiger partial charge in [0.15, 0.2) is 17.2 Å². The van der Waals surface area contributed by atoms with E-state index in [1.807, 2.05) is 6.92 Å². The van der Waals surface area contributed by atoms with E-state index in [1.54, 1.807) is 50.7 Å². The largest absolute Gasteiger partial charge is 0.455 e. The standard InChI is InChI=1S/C29H27FN6O4/c1-17-12-23(29(38)36(15-17)21-7-4-19(30)5-8-21)24(37)13-20-6-9-22(14-32-20)40-25-10-11-31-27-26(25)28(35-34-27)33-18(2)16-39-3/h4-12,14-15,18H,13,16H2,1-3H3,(H2,31,33,34,35)/t18-/m1/s1. The number of nitrogens with one attached hydrogen (secondary N) is 2. The van der Waals surface area contributed by atoms with Crippen molar-refractivity contribution in [3.8, 4) is 17.2 Å². The van der Waals surface area contributed by atoms with Crippen molar-refractivity contribution in [2.24, 2.45) is 0 Å². The number of ketones is 1. The molecule has 0 radical (unpaired) electrons. The number of hydrogen-bond donors (Lipinski definition) is 2. The zero-order valence-electron chi connectivity index (χ0n) is 22.1. The highest BCUT2D eigenvalue weighted by atomic mass is 19.1. The molecule has 40 heavy (non-hydrogen) atoms. The molecule has 0 aliphatic rings. The molecule has 0 aliphatic heterocycles. The summed E-state index contributed by atoms with van der Waals surface area (Å²) in [6.07, 6.45) is 4.67. The zero-order chi connectivity index (χ0) is 28.2. The Hall–Kier alpha value is -4.90. The summed E-state index contributed by atoms with van der Waals surface area (Å²) in [5.41, 5.74) is 1.78. The number of pyridine rings is 3. The molecule has 4 heterocycles. The Labute approximate surface area is 228 Å². The number of rotatable bonds is 10. The minimum Gasteiger partial charge on any atom is -0.455 e. The second-order valence-corrected chi connectivity index (χ2v) is 9.38. The summed E-state index contributed by atoms with van der Waals surface area (Å²) in [7, 11) is 1.63. The van der Waals surface area contributed by atoms with Crippen LogP contribution in [0.15, 0.2) is 71.9 Å². The van der Waals surface area contributed by atoms with E-state index in [4.69, 9.17) is 9.47 Å². The molecule has 4 aromatic heterocycles. The number of carbonyl (C=O) groups excluding carboxylic acids is 1. The summed E-state index contributed by atoms with van der Waals surface area (Å²) in [5.74, 6) is 0.780. The molecule has 0 unspecified atom stereocenters. The number of benzene rings is 1. The van der Waals surface area contributed by atoms with Crippen LogP contribution >= 0.6 is 0 Å². The van der Waals surface area contributed by atoms with Crippen LogP contribution in [0.25, 0.3) is 16.7 Å². The SMILES string of the molecule is COC[C@@H](C)Nc1n[nH]c2nccc(Oc3ccc(CC(=O)c4cc(C)cn(-c5ccc(F)cc5)c4=O)nc3)c12. The quantitative estimate of drug-likeness (QED) is 0.245. The summed E-state index contributed by atoms with van der Waals surface area (Å²) in [6.45, 7) is 4.26. The van der Waals surface area contributed by atoms with E-state index in [-0.39, 0.29) is 23.8 Å². The van der Waals surface area contributed by atoms with E-state index in [2.05, 4.69) is 25.5 Å². The predicted molar refractivity (Wildman–Crippen MR) is 148 cm³/mol.